The molecule has 0 aliphatic carbocycles. The van der Waals surface area contributed by atoms with Gasteiger partial charge in [-0.1, -0.05) is 12.1 Å². The molecule has 106 valence electrons. The summed E-state index contributed by atoms with van der Waals surface area (Å²) in [5.74, 6) is -0.842. The second-order valence-corrected chi connectivity index (χ2v) is 5.37. The molecule has 1 aromatic carbocycles. The van der Waals surface area contributed by atoms with Crippen molar-refractivity contribution < 1.29 is 23.1 Å². The van der Waals surface area contributed by atoms with E-state index in [1.165, 1.54) is 31.4 Å². The molecule has 0 fully saturated rings. The van der Waals surface area contributed by atoms with E-state index in [9.17, 15) is 18.3 Å². The van der Waals surface area contributed by atoms with Crippen molar-refractivity contribution in [2.24, 2.45) is 0 Å². The molecular formula is C11H16N2O5S. The molecule has 0 aromatic heterocycles. The van der Waals surface area contributed by atoms with Crippen LogP contribution in [0.5, 0.6) is 5.75 Å². The van der Waals surface area contributed by atoms with Crippen molar-refractivity contribution in [3.05, 3.63) is 24.3 Å². The maximum Gasteiger partial charge on any atom is 0.244 e. The average Bonchev–Trinajstić information content (AvgIpc) is 2.37. The first-order valence-corrected chi connectivity index (χ1v) is 6.99. The van der Waals surface area contributed by atoms with Gasteiger partial charge in [0.1, 0.15) is 10.6 Å². The first-order valence-electron chi connectivity index (χ1n) is 5.50. The highest BCUT2D eigenvalue weighted by molar-refractivity contribution is 7.89. The fraction of sp³-hybridized carbons (Fsp3) is 0.364. The average molecular weight is 288 g/mol. The lowest BCUT2D eigenvalue weighted by atomic mass is 10.3. The van der Waals surface area contributed by atoms with Crippen molar-refractivity contribution in [2.45, 2.75) is 4.90 Å². The van der Waals surface area contributed by atoms with Crippen LogP contribution in [-0.2, 0) is 19.6 Å². The number of phenols is 1. The Morgan fingerprint density at radius 3 is 2.68 bits per heavy atom. The standard InChI is InChI=1S/C11H16N2O5S/c1-18-7-6-12-11(15)8-13-19(16,17)10-5-3-2-4-9(10)14/h2-5,13-14H,6-8H2,1H3,(H,12,15). The minimum absolute atomic E-state index is 0.264. The van der Waals surface area contributed by atoms with Crippen molar-refractivity contribution in [3.8, 4) is 5.75 Å². The van der Waals surface area contributed by atoms with Gasteiger partial charge in [-0.25, -0.2) is 13.1 Å². The maximum absolute atomic E-state index is 11.8. The van der Waals surface area contributed by atoms with Gasteiger partial charge >= 0.3 is 0 Å². The highest BCUT2D eigenvalue weighted by atomic mass is 32.2. The third kappa shape index (κ3) is 4.86. The summed E-state index contributed by atoms with van der Waals surface area (Å²) >= 11 is 0. The van der Waals surface area contributed by atoms with Gasteiger partial charge in [-0.15, -0.1) is 0 Å². The number of hydrogen-bond acceptors (Lipinski definition) is 5. The van der Waals surface area contributed by atoms with E-state index in [1.807, 2.05) is 0 Å². The van der Waals surface area contributed by atoms with Gasteiger partial charge in [0.15, 0.2) is 0 Å². The molecule has 0 saturated carbocycles. The predicted molar refractivity (Wildman–Crippen MR) is 68.2 cm³/mol. The van der Waals surface area contributed by atoms with Crippen LogP contribution in [-0.4, -0.2) is 46.2 Å². The summed E-state index contributed by atoms with van der Waals surface area (Å²) in [5, 5.41) is 11.9. The van der Waals surface area contributed by atoms with Crippen LogP contribution in [0.15, 0.2) is 29.2 Å². The summed E-state index contributed by atoms with van der Waals surface area (Å²) < 4.78 is 30.5. The van der Waals surface area contributed by atoms with E-state index >= 15 is 0 Å². The lowest BCUT2D eigenvalue weighted by Gasteiger charge is -2.08. The van der Waals surface area contributed by atoms with E-state index in [2.05, 4.69) is 10.0 Å². The summed E-state index contributed by atoms with van der Waals surface area (Å²) in [5.41, 5.74) is 0. The fourth-order valence-corrected chi connectivity index (χ4v) is 2.36. The van der Waals surface area contributed by atoms with Crippen molar-refractivity contribution >= 4 is 15.9 Å². The minimum atomic E-state index is -3.91. The molecule has 0 unspecified atom stereocenters. The zero-order chi connectivity index (χ0) is 14.3. The molecule has 1 rings (SSSR count). The Morgan fingerprint density at radius 1 is 1.37 bits per heavy atom. The van der Waals surface area contributed by atoms with E-state index in [4.69, 9.17) is 4.74 Å². The van der Waals surface area contributed by atoms with Gasteiger partial charge in [-0.3, -0.25) is 4.79 Å². The largest absolute Gasteiger partial charge is 0.507 e. The quantitative estimate of drug-likeness (QED) is 0.583. The molecule has 0 radical (unpaired) electrons. The van der Waals surface area contributed by atoms with Gasteiger partial charge in [0, 0.05) is 13.7 Å². The summed E-state index contributed by atoms with van der Waals surface area (Å²) in [7, 11) is -2.42. The van der Waals surface area contributed by atoms with Crippen LogP contribution >= 0.6 is 0 Å². The van der Waals surface area contributed by atoms with Crippen molar-refractivity contribution in [1.29, 1.82) is 0 Å². The molecule has 1 aromatic rings. The topological polar surface area (TPSA) is 105 Å². The zero-order valence-electron chi connectivity index (χ0n) is 10.4. The number of phenolic OH excluding ortho intramolecular Hbond substituents is 1. The Hall–Kier alpha value is -1.64. The Bertz CT molecular complexity index is 530. The molecule has 0 aliphatic heterocycles. The van der Waals surface area contributed by atoms with Crippen molar-refractivity contribution in [1.82, 2.24) is 10.0 Å². The second-order valence-electron chi connectivity index (χ2n) is 3.64. The summed E-state index contributed by atoms with van der Waals surface area (Å²) in [6.45, 7) is 0.242. The lowest BCUT2D eigenvalue weighted by molar-refractivity contribution is -0.120. The fourth-order valence-electron chi connectivity index (χ4n) is 1.28. The zero-order valence-corrected chi connectivity index (χ0v) is 11.2. The summed E-state index contributed by atoms with van der Waals surface area (Å²) in [6, 6.07) is 5.49. The SMILES string of the molecule is COCCNC(=O)CNS(=O)(=O)c1ccccc1O. The molecule has 0 saturated heterocycles. The second kappa shape index (κ2) is 7.07. The highest BCUT2D eigenvalue weighted by Gasteiger charge is 2.18. The molecule has 0 heterocycles. The van der Waals surface area contributed by atoms with Gasteiger partial charge < -0.3 is 15.2 Å². The van der Waals surface area contributed by atoms with E-state index in [-0.39, 0.29) is 10.6 Å². The Balaban J connectivity index is 2.57. The molecule has 0 aliphatic rings. The molecule has 0 bridgehead atoms. The first-order chi connectivity index (χ1) is 8.97. The van der Waals surface area contributed by atoms with Crippen LogP contribution in [0, 0.1) is 0 Å². The molecule has 1 amide bonds. The molecule has 3 N–H and O–H groups in total. The third-order valence-electron chi connectivity index (χ3n) is 2.21. The number of aromatic hydroxyl groups is 1. The molecule has 7 nitrogen and oxygen atoms in total. The molecule has 19 heavy (non-hydrogen) atoms. The van der Waals surface area contributed by atoms with Crippen LogP contribution in [0.25, 0.3) is 0 Å². The van der Waals surface area contributed by atoms with Gasteiger partial charge in [0.05, 0.1) is 13.2 Å². The van der Waals surface area contributed by atoms with Crippen molar-refractivity contribution in [2.75, 3.05) is 26.8 Å². The van der Waals surface area contributed by atoms with Crippen LogP contribution in [0.3, 0.4) is 0 Å². The van der Waals surface area contributed by atoms with Crippen LogP contribution in [0.2, 0.25) is 0 Å². The van der Waals surface area contributed by atoms with E-state index < -0.39 is 22.5 Å². The number of nitrogens with one attached hydrogen (secondary N) is 2. The van der Waals surface area contributed by atoms with E-state index in [0.29, 0.717) is 13.2 Å². The molecule has 0 spiro atoms. The van der Waals surface area contributed by atoms with E-state index in [1.54, 1.807) is 0 Å². The van der Waals surface area contributed by atoms with Gasteiger partial charge in [0.2, 0.25) is 15.9 Å². The number of carbonyl (C=O) groups excluding carboxylic acids is 1. The number of ether oxygens (including phenoxy) is 1. The lowest BCUT2D eigenvalue weighted by Crippen LogP contribution is -2.38. The van der Waals surface area contributed by atoms with Gasteiger partial charge in [-0.2, -0.15) is 0 Å². The first kappa shape index (κ1) is 15.4. The van der Waals surface area contributed by atoms with Crippen LogP contribution in [0.1, 0.15) is 0 Å². The normalized spacial score (nSPS) is 11.2. The number of carbonyl (C=O) groups is 1. The predicted octanol–water partition coefficient (Wildman–Crippen LogP) is -0.567. The number of para-hydroxylation sites is 1. The van der Waals surface area contributed by atoms with Gasteiger partial charge in [0.25, 0.3) is 0 Å². The highest BCUT2D eigenvalue weighted by Crippen LogP contribution is 2.20. The number of rotatable bonds is 7. The Kier molecular flexibility index (Phi) is 5.74. The Morgan fingerprint density at radius 2 is 2.05 bits per heavy atom. The molecule has 8 heteroatoms. The van der Waals surface area contributed by atoms with Crippen LogP contribution < -0.4 is 10.0 Å². The van der Waals surface area contributed by atoms with Gasteiger partial charge in [-0.05, 0) is 12.1 Å². The van der Waals surface area contributed by atoms with Crippen molar-refractivity contribution in [3.63, 3.8) is 0 Å². The monoisotopic (exact) mass is 288 g/mol. The number of methoxy groups -OCH3 is 1. The molecule has 0 atom stereocenters. The minimum Gasteiger partial charge on any atom is -0.507 e. The smallest absolute Gasteiger partial charge is 0.244 e. The number of amides is 1. The molecular weight excluding hydrogens is 272 g/mol. The maximum atomic E-state index is 11.8. The Labute approximate surface area is 111 Å². The summed E-state index contributed by atoms with van der Waals surface area (Å²) in [4.78, 5) is 11.1. The number of sulfonamides is 1. The van der Waals surface area contributed by atoms with E-state index in [0.717, 1.165) is 0 Å². The third-order valence-corrected chi connectivity index (χ3v) is 3.65. The number of benzene rings is 1. The number of hydrogen-bond donors (Lipinski definition) is 3. The summed E-state index contributed by atoms with van der Waals surface area (Å²) in [6.07, 6.45) is 0. The van der Waals surface area contributed by atoms with Crippen LogP contribution in [0.4, 0.5) is 0 Å².